The van der Waals surface area contributed by atoms with Crippen molar-refractivity contribution in [2.75, 3.05) is 25.3 Å². The van der Waals surface area contributed by atoms with Gasteiger partial charge >= 0.3 is 29.5 Å². The first-order valence-electron chi connectivity index (χ1n) is 20.6. The summed E-state index contributed by atoms with van der Waals surface area (Å²) in [6.45, 7) is 11.9. The van der Waals surface area contributed by atoms with Crippen LogP contribution in [0.1, 0.15) is 74.9 Å². The maximum Gasteiger partial charge on any atom is 0.431 e. The number of carbonyl (C=O) groups is 2. The number of nitro groups is 2. The zero-order chi connectivity index (χ0) is 51.1. The van der Waals surface area contributed by atoms with E-state index in [1.54, 1.807) is 20.8 Å². The normalized spacial score (nSPS) is 12.8. The number of alkyl halides is 3. The van der Waals surface area contributed by atoms with E-state index in [2.05, 4.69) is 5.32 Å². The SMILES string of the molecule is CCC(CC)Nc1c([N+](=O)[O-])cc(C)c(C)c1[N+](=O)[O-].CCc1ccc(COc2ccc(-n3c(=O)cc(C(F)(F)F)n(C)c3=O)cc2)c(OC(C)C(=O)OC)c1.CP(=O)(O)CCC(N)C(=O)O. The van der Waals surface area contributed by atoms with Gasteiger partial charge in [0.05, 0.1) is 22.6 Å². The second-order valence-electron chi connectivity index (χ2n) is 15.1. The zero-order valence-corrected chi connectivity index (χ0v) is 39.3. The maximum atomic E-state index is 13.1. The number of rotatable bonds is 18. The van der Waals surface area contributed by atoms with Gasteiger partial charge in [-0.05, 0) is 87.9 Å². The van der Waals surface area contributed by atoms with Gasteiger partial charge in [-0.2, -0.15) is 13.2 Å². The van der Waals surface area contributed by atoms with Crippen molar-refractivity contribution in [2.45, 2.75) is 98.2 Å². The molecule has 4 aromatic rings. The predicted molar refractivity (Wildman–Crippen MR) is 243 cm³/mol. The highest BCUT2D eigenvalue weighted by atomic mass is 31.2. The summed E-state index contributed by atoms with van der Waals surface area (Å²) in [5.41, 5.74) is 3.84. The summed E-state index contributed by atoms with van der Waals surface area (Å²) in [5, 5.41) is 33.7. The molecule has 0 fully saturated rings. The summed E-state index contributed by atoms with van der Waals surface area (Å²) in [6, 6.07) is 12.0. The molecule has 0 radical (unpaired) electrons. The number of carboxylic acids is 1. The van der Waals surface area contributed by atoms with E-state index in [0.717, 1.165) is 31.9 Å². The number of carboxylic acid groups (broad SMARTS) is 1. The van der Waals surface area contributed by atoms with Crippen molar-refractivity contribution >= 4 is 36.4 Å². The lowest BCUT2D eigenvalue weighted by Crippen LogP contribution is -2.40. The van der Waals surface area contributed by atoms with E-state index in [1.807, 2.05) is 39.0 Å². The Morgan fingerprint density at radius 2 is 1.58 bits per heavy atom. The van der Waals surface area contributed by atoms with Crippen molar-refractivity contribution in [1.82, 2.24) is 9.13 Å². The number of hydrogen-bond donors (Lipinski definition) is 4. The average molecular weight is 969 g/mol. The van der Waals surface area contributed by atoms with Gasteiger partial charge in [0.2, 0.25) is 0 Å². The number of hydrogen-bond acceptors (Lipinski definition) is 14. The fourth-order valence-corrected chi connectivity index (χ4v) is 6.79. The third-order valence-corrected chi connectivity index (χ3v) is 11.2. The van der Waals surface area contributed by atoms with Gasteiger partial charge in [0.1, 0.15) is 29.8 Å². The highest BCUT2D eigenvalue weighted by molar-refractivity contribution is 7.57. The summed E-state index contributed by atoms with van der Waals surface area (Å²) in [5.74, 6) is -0.826. The molecule has 0 spiro atoms. The molecule has 0 bridgehead atoms. The Balaban J connectivity index is 0.000000415. The number of methoxy groups -OCH3 is 1. The lowest BCUT2D eigenvalue weighted by Gasteiger charge is -2.17. The highest BCUT2D eigenvalue weighted by Gasteiger charge is 2.35. The number of ether oxygens (including phenoxy) is 3. The Morgan fingerprint density at radius 1 is 0.985 bits per heavy atom. The highest BCUT2D eigenvalue weighted by Crippen LogP contribution is 2.40. The van der Waals surface area contributed by atoms with Gasteiger partial charge in [0, 0.05) is 49.2 Å². The second-order valence-corrected chi connectivity index (χ2v) is 17.7. The van der Waals surface area contributed by atoms with Crippen molar-refractivity contribution in [3.63, 3.8) is 0 Å². The largest absolute Gasteiger partial charge is 0.489 e. The molecule has 1 heterocycles. The summed E-state index contributed by atoms with van der Waals surface area (Å²) in [6.07, 6.45) is -3.44. The third-order valence-electron chi connectivity index (χ3n) is 10.2. The maximum absolute atomic E-state index is 13.1. The Labute approximate surface area is 383 Å². The molecule has 3 aromatic carbocycles. The van der Waals surface area contributed by atoms with E-state index in [-0.39, 0.29) is 48.0 Å². The zero-order valence-electron chi connectivity index (χ0n) is 38.4. The number of anilines is 1. The first-order chi connectivity index (χ1) is 31.1. The number of aromatic nitrogens is 2. The van der Waals surface area contributed by atoms with Crippen LogP contribution in [0.25, 0.3) is 5.69 Å². The molecule has 24 heteroatoms. The molecule has 67 heavy (non-hydrogen) atoms. The van der Waals surface area contributed by atoms with Crippen LogP contribution in [0.3, 0.4) is 0 Å². The predicted octanol–water partition coefficient (Wildman–Crippen LogP) is 7.05. The number of halogens is 3. The van der Waals surface area contributed by atoms with Gasteiger partial charge in [-0.3, -0.25) is 38.9 Å². The van der Waals surface area contributed by atoms with Gasteiger partial charge in [0.25, 0.3) is 11.2 Å². The van der Waals surface area contributed by atoms with Gasteiger partial charge in [-0.25, -0.2) is 14.2 Å². The number of benzene rings is 3. The molecule has 3 unspecified atom stereocenters. The Morgan fingerprint density at radius 3 is 2.06 bits per heavy atom. The summed E-state index contributed by atoms with van der Waals surface area (Å²) >= 11 is 0. The molecule has 0 aliphatic rings. The minimum Gasteiger partial charge on any atom is -0.489 e. The number of esters is 1. The standard InChI is InChI=1S/C25H25F3N2O6.C13H19N3O4.C5H12NO4P/c1-5-16-6-7-17(20(12-16)36-15(2)23(32)34-4)14-35-19-10-8-18(9-11-19)30-22(31)13-21(25(26,27)28)29(3)24(30)33;1-5-10(6-2)14-12-11(15(17)18)7-8(3)9(4)13(12)16(19)20;1-11(9,10)3-2-4(6)5(7)8/h6-13,15H,5,14H2,1-4H3;7,10,14H,5-6H2,1-4H3;4H,2-3,6H2,1H3,(H,7,8)(H,9,10). The lowest BCUT2D eigenvalue weighted by molar-refractivity contribution is -0.392. The summed E-state index contributed by atoms with van der Waals surface area (Å²) in [7, 11) is -0.884. The third kappa shape index (κ3) is 16.4. The molecule has 0 amide bonds. The minimum atomic E-state index is -4.84. The van der Waals surface area contributed by atoms with Gasteiger partial charge in [0.15, 0.2) is 19.2 Å². The van der Waals surface area contributed by atoms with E-state index in [4.69, 9.17) is 29.9 Å². The first kappa shape index (κ1) is 56.5. The molecule has 0 saturated carbocycles. The molecule has 0 saturated heterocycles. The van der Waals surface area contributed by atoms with Crippen LogP contribution in [0.2, 0.25) is 0 Å². The van der Waals surface area contributed by atoms with Crippen LogP contribution < -0.4 is 31.8 Å². The van der Waals surface area contributed by atoms with E-state index in [9.17, 15) is 57.1 Å². The fourth-order valence-electron chi connectivity index (χ4n) is 6.03. The number of carbonyl (C=O) groups excluding carboxylic acids is 1. The minimum absolute atomic E-state index is 0.0109. The number of aryl methyl sites for hydroxylation is 2. The number of nitrogens with one attached hydrogen (secondary N) is 1. The van der Waals surface area contributed by atoms with Crippen LogP contribution >= 0.6 is 7.37 Å². The Bertz CT molecular complexity index is 2560. The van der Waals surface area contributed by atoms with E-state index >= 15 is 0 Å². The molecular weight excluding hydrogens is 912 g/mol. The molecule has 1 aromatic heterocycles. The van der Waals surface area contributed by atoms with Crippen molar-refractivity contribution in [3.05, 3.63) is 124 Å². The van der Waals surface area contributed by atoms with Crippen LogP contribution in [0.15, 0.2) is 64.2 Å². The average Bonchev–Trinajstić information content (AvgIpc) is 3.26. The van der Waals surface area contributed by atoms with E-state index in [0.29, 0.717) is 43.4 Å². The molecule has 20 nitrogen and oxygen atoms in total. The second kappa shape index (κ2) is 24.8. The van der Waals surface area contributed by atoms with E-state index in [1.165, 1.54) is 44.1 Å². The Hall–Kier alpha value is -6.58. The smallest absolute Gasteiger partial charge is 0.431 e. The molecular formula is C43H56F3N6O14P. The first-order valence-corrected chi connectivity index (χ1v) is 22.9. The summed E-state index contributed by atoms with van der Waals surface area (Å²) in [4.78, 5) is 76.7. The molecule has 4 rings (SSSR count). The van der Waals surface area contributed by atoms with Crippen LogP contribution in [0, 0.1) is 34.1 Å². The topological polar surface area (TPSA) is 288 Å². The van der Waals surface area contributed by atoms with Gasteiger partial charge in [-0.15, -0.1) is 0 Å². The van der Waals surface area contributed by atoms with Crippen LogP contribution in [0.4, 0.5) is 30.2 Å². The van der Waals surface area contributed by atoms with Crippen LogP contribution in [0.5, 0.6) is 11.5 Å². The van der Waals surface area contributed by atoms with Crippen LogP contribution in [-0.2, 0) is 45.1 Å². The van der Waals surface area contributed by atoms with Gasteiger partial charge < -0.3 is 35.3 Å². The monoisotopic (exact) mass is 968 g/mol. The molecule has 5 N–H and O–H groups in total. The molecule has 0 aliphatic carbocycles. The number of nitrogens with zero attached hydrogens (tertiary/aromatic N) is 4. The van der Waals surface area contributed by atoms with Crippen molar-refractivity contribution < 1.29 is 61.4 Å². The lowest BCUT2D eigenvalue weighted by atomic mass is 10.0. The fraction of sp³-hybridized carbons (Fsp3) is 0.442. The quantitative estimate of drug-likeness (QED) is 0.0336. The van der Waals surface area contributed by atoms with E-state index < -0.39 is 64.4 Å². The number of nitrogens with two attached hydrogens (primary N) is 1. The molecule has 3 atom stereocenters. The van der Waals surface area contributed by atoms with Gasteiger partial charge in [-0.1, -0.05) is 32.9 Å². The number of aliphatic carboxylic acids is 1. The Kier molecular flexibility index (Phi) is 20.9. The van der Waals surface area contributed by atoms with Crippen LogP contribution in [-0.4, -0.2) is 79.0 Å². The molecule has 368 valence electrons. The molecule has 0 aliphatic heterocycles. The summed E-state index contributed by atoms with van der Waals surface area (Å²) < 4.78 is 67.1. The van der Waals surface area contributed by atoms with Crippen molar-refractivity contribution in [1.29, 1.82) is 0 Å². The van der Waals surface area contributed by atoms with Crippen molar-refractivity contribution in [2.24, 2.45) is 12.8 Å². The van der Waals surface area contributed by atoms with Crippen molar-refractivity contribution in [3.8, 4) is 17.2 Å². The number of nitro benzene ring substituents is 2.